The summed E-state index contributed by atoms with van der Waals surface area (Å²) in [4.78, 5) is 12.9. The summed E-state index contributed by atoms with van der Waals surface area (Å²) in [6.07, 6.45) is 1.38. The number of aromatic nitrogens is 1. The van der Waals surface area contributed by atoms with Crippen LogP contribution in [0.15, 0.2) is 12.3 Å². The summed E-state index contributed by atoms with van der Waals surface area (Å²) >= 11 is 0. The number of hydrogen-bond donors (Lipinski definition) is 2. The van der Waals surface area contributed by atoms with E-state index in [1.807, 2.05) is 0 Å². The van der Waals surface area contributed by atoms with Gasteiger partial charge in [-0.2, -0.15) is 0 Å². The Morgan fingerprint density at radius 2 is 2.50 bits per heavy atom. The molecule has 0 radical (unpaired) electrons. The molecule has 0 amide bonds. The largest absolute Gasteiger partial charge is 0.482 e. The fourth-order valence-corrected chi connectivity index (χ4v) is 0.615. The Morgan fingerprint density at radius 3 is 2.80 bits per heavy atom. The number of aromatic amines is 1. The number of H-pyrrole nitrogens is 1. The van der Waals surface area contributed by atoms with Crippen molar-refractivity contribution in [3.05, 3.63) is 17.8 Å². The van der Waals surface area contributed by atoms with Gasteiger partial charge < -0.3 is 14.8 Å². The third-order valence-electron chi connectivity index (χ3n) is 1.12. The Bertz CT molecular complexity index is 241. The Labute approximate surface area is 57.4 Å². The van der Waals surface area contributed by atoms with Gasteiger partial charge in [-0.1, -0.05) is 0 Å². The van der Waals surface area contributed by atoms with E-state index in [0.717, 1.165) is 0 Å². The highest BCUT2D eigenvalue weighted by atomic mass is 16.5. The summed E-state index contributed by atoms with van der Waals surface area (Å²) in [5.74, 6) is -0.503. The molecule has 1 rings (SSSR count). The van der Waals surface area contributed by atoms with E-state index in [-0.39, 0.29) is 5.56 Å². The van der Waals surface area contributed by atoms with Crippen LogP contribution in [0.5, 0.6) is 5.88 Å². The average molecular weight is 141 g/mol. The summed E-state index contributed by atoms with van der Waals surface area (Å²) in [5.41, 5.74) is 0.205. The molecule has 0 aliphatic rings. The lowest BCUT2D eigenvalue weighted by Gasteiger charge is -1.88. The summed E-state index contributed by atoms with van der Waals surface area (Å²) in [7, 11) is 1.47. The third kappa shape index (κ3) is 1.10. The number of aromatic carboxylic acids is 1. The molecule has 1 aromatic rings. The van der Waals surface area contributed by atoms with Crippen molar-refractivity contribution < 1.29 is 14.6 Å². The van der Waals surface area contributed by atoms with Crippen molar-refractivity contribution in [2.75, 3.05) is 7.11 Å². The fourth-order valence-electron chi connectivity index (χ4n) is 0.615. The molecule has 0 saturated carbocycles. The van der Waals surface area contributed by atoms with E-state index in [0.29, 0.717) is 5.88 Å². The second-order valence-electron chi connectivity index (χ2n) is 1.76. The summed E-state index contributed by atoms with van der Waals surface area (Å²) in [5, 5.41) is 8.42. The van der Waals surface area contributed by atoms with Gasteiger partial charge in [0.1, 0.15) is 0 Å². The summed E-state index contributed by atoms with van der Waals surface area (Å²) < 4.78 is 4.73. The predicted octanol–water partition coefficient (Wildman–Crippen LogP) is 0.721. The third-order valence-corrected chi connectivity index (χ3v) is 1.12. The molecule has 54 valence electrons. The quantitative estimate of drug-likeness (QED) is 0.637. The van der Waals surface area contributed by atoms with Crippen LogP contribution in [0.1, 0.15) is 10.4 Å². The van der Waals surface area contributed by atoms with Crippen LogP contribution in [-0.4, -0.2) is 23.2 Å². The molecule has 0 spiro atoms. The molecule has 1 aromatic heterocycles. The van der Waals surface area contributed by atoms with Crippen molar-refractivity contribution >= 4 is 5.97 Å². The molecule has 0 unspecified atom stereocenters. The fraction of sp³-hybridized carbons (Fsp3) is 0.167. The number of methoxy groups -OCH3 is 1. The number of carbonyl (C=O) groups is 1. The SMILES string of the molecule is COc1cc(C(=O)O)c[nH]1. The molecule has 0 saturated heterocycles. The Kier molecular flexibility index (Phi) is 1.62. The number of nitrogens with one attached hydrogen (secondary N) is 1. The second-order valence-corrected chi connectivity index (χ2v) is 1.76. The minimum absolute atomic E-state index is 0.205. The van der Waals surface area contributed by atoms with E-state index in [9.17, 15) is 4.79 Å². The first-order valence-corrected chi connectivity index (χ1v) is 2.69. The Balaban J connectivity index is 2.88. The normalized spacial score (nSPS) is 9.30. The zero-order chi connectivity index (χ0) is 7.56. The van der Waals surface area contributed by atoms with Crippen LogP contribution < -0.4 is 4.74 Å². The van der Waals surface area contributed by atoms with E-state index >= 15 is 0 Å². The molecule has 4 nitrogen and oxygen atoms in total. The van der Waals surface area contributed by atoms with Crippen molar-refractivity contribution in [2.45, 2.75) is 0 Å². The predicted molar refractivity (Wildman–Crippen MR) is 34.3 cm³/mol. The lowest BCUT2D eigenvalue weighted by atomic mass is 10.3. The van der Waals surface area contributed by atoms with Gasteiger partial charge in [0.15, 0.2) is 5.88 Å². The maximum atomic E-state index is 10.3. The van der Waals surface area contributed by atoms with E-state index < -0.39 is 5.97 Å². The van der Waals surface area contributed by atoms with Gasteiger partial charge in [-0.3, -0.25) is 0 Å². The van der Waals surface area contributed by atoms with E-state index in [2.05, 4.69) is 4.98 Å². The molecular formula is C6H7NO3. The highest BCUT2D eigenvalue weighted by Gasteiger charge is 2.04. The van der Waals surface area contributed by atoms with Crippen LogP contribution in [0.3, 0.4) is 0 Å². The van der Waals surface area contributed by atoms with Crippen LogP contribution in [0.25, 0.3) is 0 Å². The average Bonchev–Trinajstić information content (AvgIpc) is 2.34. The van der Waals surface area contributed by atoms with Crippen molar-refractivity contribution in [1.82, 2.24) is 4.98 Å². The van der Waals surface area contributed by atoms with Crippen LogP contribution in [0.4, 0.5) is 0 Å². The first-order chi connectivity index (χ1) is 4.74. The first kappa shape index (κ1) is 6.67. The molecule has 0 aliphatic heterocycles. The van der Waals surface area contributed by atoms with Gasteiger partial charge in [-0.15, -0.1) is 0 Å². The Morgan fingerprint density at radius 1 is 1.80 bits per heavy atom. The molecule has 0 aromatic carbocycles. The molecule has 10 heavy (non-hydrogen) atoms. The smallest absolute Gasteiger partial charge is 0.337 e. The van der Waals surface area contributed by atoms with Gasteiger partial charge >= 0.3 is 5.97 Å². The number of rotatable bonds is 2. The number of ether oxygens (including phenoxy) is 1. The summed E-state index contributed by atoms with van der Waals surface area (Å²) in [6.45, 7) is 0. The van der Waals surface area contributed by atoms with Gasteiger partial charge in [-0.25, -0.2) is 4.79 Å². The molecule has 0 aliphatic carbocycles. The van der Waals surface area contributed by atoms with Gasteiger partial charge in [0.2, 0.25) is 0 Å². The second kappa shape index (κ2) is 2.43. The lowest BCUT2D eigenvalue weighted by molar-refractivity contribution is 0.0697. The molecule has 0 bridgehead atoms. The monoisotopic (exact) mass is 141 g/mol. The van der Waals surface area contributed by atoms with Crippen molar-refractivity contribution in [2.24, 2.45) is 0 Å². The number of carboxylic acids is 1. The van der Waals surface area contributed by atoms with Crippen molar-refractivity contribution in [1.29, 1.82) is 0 Å². The molecule has 0 atom stereocenters. The standard InChI is InChI=1S/C6H7NO3/c1-10-5-2-4(3-7-5)6(8)9/h2-3,7H,1H3,(H,8,9). The molecule has 0 fully saturated rings. The lowest BCUT2D eigenvalue weighted by Crippen LogP contribution is -1.91. The zero-order valence-electron chi connectivity index (χ0n) is 5.42. The van der Waals surface area contributed by atoms with Crippen LogP contribution in [0, 0.1) is 0 Å². The molecule has 1 heterocycles. The minimum atomic E-state index is -0.959. The molecular weight excluding hydrogens is 134 g/mol. The number of hydrogen-bond acceptors (Lipinski definition) is 2. The summed E-state index contributed by atoms with van der Waals surface area (Å²) in [6, 6.07) is 1.42. The first-order valence-electron chi connectivity index (χ1n) is 2.69. The highest BCUT2D eigenvalue weighted by molar-refractivity contribution is 5.87. The van der Waals surface area contributed by atoms with Crippen LogP contribution in [0.2, 0.25) is 0 Å². The topological polar surface area (TPSA) is 62.3 Å². The van der Waals surface area contributed by atoms with Gasteiger partial charge in [0, 0.05) is 12.3 Å². The van der Waals surface area contributed by atoms with Gasteiger partial charge in [-0.05, 0) is 0 Å². The van der Waals surface area contributed by atoms with E-state index in [1.165, 1.54) is 19.4 Å². The Hall–Kier alpha value is -1.45. The number of carboxylic acid groups (broad SMARTS) is 1. The molecule has 4 heteroatoms. The van der Waals surface area contributed by atoms with Gasteiger partial charge in [0.05, 0.1) is 12.7 Å². The van der Waals surface area contributed by atoms with Crippen LogP contribution >= 0.6 is 0 Å². The maximum absolute atomic E-state index is 10.3. The van der Waals surface area contributed by atoms with Crippen LogP contribution in [-0.2, 0) is 0 Å². The van der Waals surface area contributed by atoms with Gasteiger partial charge in [0.25, 0.3) is 0 Å². The highest BCUT2D eigenvalue weighted by Crippen LogP contribution is 2.09. The minimum Gasteiger partial charge on any atom is -0.482 e. The van der Waals surface area contributed by atoms with E-state index in [4.69, 9.17) is 9.84 Å². The van der Waals surface area contributed by atoms with Crippen molar-refractivity contribution in [3.8, 4) is 5.88 Å². The van der Waals surface area contributed by atoms with Crippen molar-refractivity contribution in [3.63, 3.8) is 0 Å². The van der Waals surface area contributed by atoms with E-state index in [1.54, 1.807) is 0 Å². The maximum Gasteiger partial charge on any atom is 0.337 e. The zero-order valence-corrected chi connectivity index (χ0v) is 5.42. The molecule has 2 N–H and O–H groups in total.